The van der Waals surface area contributed by atoms with Crippen molar-refractivity contribution in [1.82, 2.24) is 15.5 Å². The number of H-pyrrole nitrogens is 1. The van der Waals surface area contributed by atoms with Gasteiger partial charge in [-0.2, -0.15) is 5.10 Å². The van der Waals surface area contributed by atoms with E-state index in [1.807, 2.05) is 6.92 Å². The van der Waals surface area contributed by atoms with Crippen LogP contribution in [0, 0.1) is 6.92 Å². The Morgan fingerprint density at radius 1 is 1.73 bits per heavy atom. The van der Waals surface area contributed by atoms with Gasteiger partial charge in [-0.05, 0) is 19.8 Å². The zero-order valence-electron chi connectivity index (χ0n) is 9.01. The topological polar surface area (TPSA) is 57.8 Å². The maximum atomic E-state index is 11.8. The first-order chi connectivity index (χ1) is 7.19. The van der Waals surface area contributed by atoms with Gasteiger partial charge in [0.15, 0.2) is 0 Å². The van der Waals surface area contributed by atoms with E-state index in [1.165, 1.54) is 0 Å². The number of aromatic amines is 1. The third-order valence-electron chi connectivity index (χ3n) is 2.36. The number of hydrogen-bond donors (Lipinski definition) is 2. The Morgan fingerprint density at radius 2 is 2.47 bits per heavy atom. The van der Waals surface area contributed by atoms with Crippen molar-refractivity contribution in [3.8, 4) is 0 Å². The largest absolute Gasteiger partial charge is 0.349 e. The average Bonchev–Trinajstić information content (AvgIpc) is 2.63. The van der Waals surface area contributed by atoms with Gasteiger partial charge in [-0.1, -0.05) is 22.9 Å². The highest BCUT2D eigenvalue weighted by Gasteiger charge is 2.14. The van der Waals surface area contributed by atoms with E-state index < -0.39 is 0 Å². The highest BCUT2D eigenvalue weighted by Crippen LogP contribution is 2.06. The SMILES string of the molecule is CCC(CCBr)NC(=O)c1cn[nH]c1C. The number of carbonyl (C=O) groups is 1. The van der Waals surface area contributed by atoms with Crippen LogP contribution < -0.4 is 5.32 Å². The fraction of sp³-hybridized carbons (Fsp3) is 0.600. The molecule has 84 valence electrons. The van der Waals surface area contributed by atoms with Crippen molar-refractivity contribution in [3.63, 3.8) is 0 Å². The normalized spacial score (nSPS) is 12.5. The molecule has 0 spiro atoms. The van der Waals surface area contributed by atoms with Gasteiger partial charge in [0, 0.05) is 17.1 Å². The number of rotatable bonds is 5. The van der Waals surface area contributed by atoms with Crippen LogP contribution in [-0.2, 0) is 0 Å². The summed E-state index contributed by atoms with van der Waals surface area (Å²) < 4.78 is 0. The first-order valence-corrected chi connectivity index (χ1v) is 6.18. The molecule has 1 aromatic rings. The zero-order valence-corrected chi connectivity index (χ0v) is 10.6. The molecular formula is C10H16BrN3O. The van der Waals surface area contributed by atoms with Crippen LogP contribution in [0.3, 0.4) is 0 Å². The van der Waals surface area contributed by atoms with Crippen molar-refractivity contribution in [2.24, 2.45) is 0 Å². The number of aryl methyl sites for hydroxylation is 1. The third kappa shape index (κ3) is 3.34. The van der Waals surface area contributed by atoms with Crippen molar-refractivity contribution in [1.29, 1.82) is 0 Å². The van der Waals surface area contributed by atoms with Gasteiger partial charge in [0.2, 0.25) is 0 Å². The number of nitrogens with one attached hydrogen (secondary N) is 2. The lowest BCUT2D eigenvalue weighted by Gasteiger charge is -2.15. The molecule has 0 radical (unpaired) electrons. The second-order valence-corrected chi connectivity index (χ2v) is 4.26. The molecule has 1 atom stereocenters. The molecule has 1 unspecified atom stereocenters. The molecule has 5 heteroatoms. The van der Waals surface area contributed by atoms with E-state index in [1.54, 1.807) is 6.20 Å². The Balaban J connectivity index is 2.58. The lowest BCUT2D eigenvalue weighted by molar-refractivity contribution is 0.0934. The molecule has 1 rings (SSSR count). The van der Waals surface area contributed by atoms with Gasteiger partial charge >= 0.3 is 0 Å². The van der Waals surface area contributed by atoms with Gasteiger partial charge in [-0.25, -0.2) is 0 Å². The number of halogens is 1. The van der Waals surface area contributed by atoms with Crippen LogP contribution in [0.1, 0.15) is 35.8 Å². The maximum absolute atomic E-state index is 11.8. The van der Waals surface area contributed by atoms with Crippen molar-refractivity contribution < 1.29 is 4.79 Å². The summed E-state index contributed by atoms with van der Waals surface area (Å²) in [5.74, 6) is -0.0472. The first kappa shape index (κ1) is 12.2. The Hall–Kier alpha value is -0.840. The molecule has 1 aromatic heterocycles. The summed E-state index contributed by atoms with van der Waals surface area (Å²) in [6.45, 7) is 3.91. The highest BCUT2D eigenvalue weighted by molar-refractivity contribution is 9.09. The van der Waals surface area contributed by atoms with E-state index >= 15 is 0 Å². The quantitative estimate of drug-likeness (QED) is 0.807. The smallest absolute Gasteiger partial charge is 0.254 e. The van der Waals surface area contributed by atoms with Crippen LogP contribution >= 0.6 is 15.9 Å². The van der Waals surface area contributed by atoms with Crippen molar-refractivity contribution >= 4 is 21.8 Å². The van der Waals surface area contributed by atoms with E-state index in [4.69, 9.17) is 0 Å². The standard InChI is InChI=1S/C10H16BrN3O/c1-3-8(4-5-11)13-10(15)9-6-12-14-7(9)2/h6,8H,3-5H2,1-2H3,(H,12,14)(H,13,15). The van der Waals surface area contributed by atoms with Crippen molar-refractivity contribution in [2.75, 3.05) is 5.33 Å². The van der Waals surface area contributed by atoms with Crippen LogP contribution in [0.4, 0.5) is 0 Å². The third-order valence-corrected chi connectivity index (χ3v) is 2.82. The van der Waals surface area contributed by atoms with Crippen LogP contribution in [0.25, 0.3) is 0 Å². The number of hydrogen-bond acceptors (Lipinski definition) is 2. The monoisotopic (exact) mass is 273 g/mol. The number of amides is 1. The van der Waals surface area contributed by atoms with Gasteiger partial charge in [-0.15, -0.1) is 0 Å². The van der Waals surface area contributed by atoms with Gasteiger partial charge < -0.3 is 5.32 Å². The minimum atomic E-state index is -0.0472. The van der Waals surface area contributed by atoms with Crippen LogP contribution in [-0.4, -0.2) is 27.5 Å². The van der Waals surface area contributed by atoms with Gasteiger partial charge in [0.05, 0.1) is 11.8 Å². The van der Waals surface area contributed by atoms with E-state index in [0.29, 0.717) is 5.56 Å². The summed E-state index contributed by atoms with van der Waals surface area (Å²) in [7, 11) is 0. The predicted octanol–water partition coefficient (Wildman–Crippen LogP) is 2.01. The highest BCUT2D eigenvalue weighted by atomic mass is 79.9. The lowest BCUT2D eigenvalue weighted by atomic mass is 10.1. The Morgan fingerprint density at radius 3 is 2.93 bits per heavy atom. The molecule has 0 aliphatic carbocycles. The fourth-order valence-electron chi connectivity index (χ4n) is 1.35. The second kappa shape index (κ2) is 5.90. The van der Waals surface area contributed by atoms with Crippen LogP contribution in [0.2, 0.25) is 0 Å². The molecule has 0 aliphatic rings. The number of alkyl halides is 1. The molecule has 0 aliphatic heterocycles. The fourth-order valence-corrected chi connectivity index (χ4v) is 1.91. The Kier molecular flexibility index (Phi) is 4.81. The minimum Gasteiger partial charge on any atom is -0.349 e. The summed E-state index contributed by atoms with van der Waals surface area (Å²) in [4.78, 5) is 11.8. The first-order valence-electron chi connectivity index (χ1n) is 5.05. The van der Waals surface area contributed by atoms with Gasteiger partial charge in [0.25, 0.3) is 5.91 Å². The molecule has 0 fully saturated rings. The number of carbonyl (C=O) groups excluding carboxylic acids is 1. The summed E-state index contributed by atoms with van der Waals surface area (Å²) in [5, 5.41) is 10.5. The number of aromatic nitrogens is 2. The molecular weight excluding hydrogens is 258 g/mol. The number of nitrogens with zero attached hydrogens (tertiary/aromatic N) is 1. The van der Waals surface area contributed by atoms with Crippen LogP contribution in [0.15, 0.2) is 6.20 Å². The zero-order chi connectivity index (χ0) is 11.3. The van der Waals surface area contributed by atoms with Gasteiger partial charge in [0.1, 0.15) is 0 Å². The van der Waals surface area contributed by atoms with E-state index in [-0.39, 0.29) is 11.9 Å². The summed E-state index contributed by atoms with van der Waals surface area (Å²) in [6, 6.07) is 0.228. The molecule has 0 saturated heterocycles. The molecule has 1 heterocycles. The molecule has 15 heavy (non-hydrogen) atoms. The molecule has 2 N–H and O–H groups in total. The molecule has 0 aromatic carbocycles. The van der Waals surface area contributed by atoms with Crippen molar-refractivity contribution in [2.45, 2.75) is 32.7 Å². The Bertz CT molecular complexity index is 324. The van der Waals surface area contributed by atoms with E-state index in [0.717, 1.165) is 23.9 Å². The Labute approximate surface area is 98.0 Å². The predicted molar refractivity (Wildman–Crippen MR) is 63.3 cm³/mol. The van der Waals surface area contributed by atoms with E-state index in [2.05, 4.69) is 38.4 Å². The molecule has 4 nitrogen and oxygen atoms in total. The lowest BCUT2D eigenvalue weighted by Crippen LogP contribution is -2.34. The van der Waals surface area contributed by atoms with Crippen LogP contribution in [0.5, 0.6) is 0 Å². The second-order valence-electron chi connectivity index (χ2n) is 3.46. The average molecular weight is 274 g/mol. The minimum absolute atomic E-state index is 0.0472. The molecule has 1 amide bonds. The van der Waals surface area contributed by atoms with Crippen molar-refractivity contribution in [3.05, 3.63) is 17.5 Å². The summed E-state index contributed by atoms with van der Waals surface area (Å²) in [6.07, 6.45) is 3.44. The summed E-state index contributed by atoms with van der Waals surface area (Å²) in [5.41, 5.74) is 1.43. The molecule has 0 saturated carbocycles. The van der Waals surface area contributed by atoms with E-state index in [9.17, 15) is 4.79 Å². The summed E-state index contributed by atoms with van der Waals surface area (Å²) >= 11 is 3.37. The maximum Gasteiger partial charge on any atom is 0.254 e. The molecule has 0 bridgehead atoms. The van der Waals surface area contributed by atoms with Gasteiger partial charge in [-0.3, -0.25) is 9.89 Å².